The van der Waals surface area contributed by atoms with Crippen LogP contribution in [-0.4, -0.2) is 68.1 Å². The van der Waals surface area contributed by atoms with Crippen molar-refractivity contribution >= 4 is 28.1 Å². The molecule has 4 aromatic rings. The summed E-state index contributed by atoms with van der Waals surface area (Å²) in [4.78, 5) is 28.5. The number of benzene rings is 1. The van der Waals surface area contributed by atoms with Crippen LogP contribution in [0.4, 0.5) is 0 Å². The number of carbonyl (C=O) groups is 1. The first-order chi connectivity index (χ1) is 17.2. The summed E-state index contributed by atoms with van der Waals surface area (Å²) in [6, 6.07) is 10.7. The molecule has 6 rings (SSSR count). The van der Waals surface area contributed by atoms with Crippen LogP contribution >= 0.6 is 11.3 Å². The van der Waals surface area contributed by atoms with Crippen LogP contribution in [0.25, 0.3) is 32.0 Å². The van der Waals surface area contributed by atoms with Crippen molar-refractivity contribution in [1.82, 2.24) is 30.0 Å². The van der Waals surface area contributed by atoms with Crippen molar-refractivity contribution in [2.45, 2.75) is 45.1 Å². The highest BCUT2D eigenvalue weighted by atomic mass is 32.1. The first kappa shape index (κ1) is 22.4. The maximum Gasteiger partial charge on any atom is 0.274 e. The van der Waals surface area contributed by atoms with E-state index in [0.717, 1.165) is 63.5 Å². The lowest BCUT2D eigenvalue weighted by Crippen LogP contribution is -2.48. The summed E-state index contributed by atoms with van der Waals surface area (Å²) in [7, 11) is 0. The lowest BCUT2D eigenvalue weighted by atomic mass is 9.99. The number of nitrogens with zero attached hydrogens (tertiary/aromatic N) is 5. The maximum atomic E-state index is 13.8. The maximum absolute atomic E-state index is 13.8. The van der Waals surface area contributed by atoms with E-state index in [9.17, 15) is 4.79 Å². The van der Waals surface area contributed by atoms with E-state index in [0.29, 0.717) is 11.7 Å². The second kappa shape index (κ2) is 9.51. The summed E-state index contributed by atoms with van der Waals surface area (Å²) in [6.07, 6.45) is 9.59. The van der Waals surface area contributed by atoms with Gasteiger partial charge in [-0.2, -0.15) is 5.10 Å². The van der Waals surface area contributed by atoms with Gasteiger partial charge < -0.3 is 9.80 Å². The molecule has 8 heteroatoms. The lowest BCUT2D eigenvalue weighted by molar-refractivity contribution is 0.0586. The number of likely N-dealkylation sites (tertiary alicyclic amines) is 2. The SMILES string of the molecule is Cc1cccc2c(-c3nc(C(=O)N4CCC(N5CCCCC5)CC4)c(-c4cccnc4)s3)n[nH]c12. The van der Waals surface area contributed by atoms with E-state index < -0.39 is 0 Å². The third-order valence-corrected chi connectivity index (χ3v) is 8.53. The molecule has 2 fully saturated rings. The van der Waals surface area contributed by atoms with E-state index in [1.54, 1.807) is 6.20 Å². The Morgan fingerprint density at radius 3 is 2.66 bits per heavy atom. The largest absolute Gasteiger partial charge is 0.337 e. The van der Waals surface area contributed by atoms with Gasteiger partial charge in [0.25, 0.3) is 5.91 Å². The Kier molecular flexibility index (Phi) is 6.08. The van der Waals surface area contributed by atoms with E-state index in [2.05, 4.69) is 39.1 Å². The third kappa shape index (κ3) is 4.25. The van der Waals surface area contributed by atoms with E-state index in [1.165, 1.54) is 43.7 Å². The molecule has 35 heavy (non-hydrogen) atoms. The minimum absolute atomic E-state index is 0.0134. The quantitative estimate of drug-likeness (QED) is 0.432. The lowest BCUT2D eigenvalue weighted by Gasteiger charge is -2.40. The van der Waals surface area contributed by atoms with Gasteiger partial charge in [0.1, 0.15) is 16.4 Å². The molecule has 0 atom stereocenters. The number of H-pyrrole nitrogens is 1. The number of carbonyl (C=O) groups excluding carboxylic acids is 1. The van der Waals surface area contributed by atoms with Gasteiger partial charge >= 0.3 is 0 Å². The molecular weight excluding hydrogens is 456 g/mol. The molecule has 2 aliphatic heterocycles. The highest BCUT2D eigenvalue weighted by Gasteiger charge is 2.31. The summed E-state index contributed by atoms with van der Waals surface area (Å²) in [5, 5.41) is 9.52. The van der Waals surface area contributed by atoms with Crippen LogP contribution in [0.1, 0.15) is 48.2 Å². The molecule has 2 aliphatic rings. The molecule has 0 aliphatic carbocycles. The average molecular weight is 487 g/mol. The molecule has 1 N–H and O–H groups in total. The van der Waals surface area contributed by atoms with Crippen LogP contribution < -0.4 is 0 Å². The zero-order valence-electron chi connectivity index (χ0n) is 20.0. The van der Waals surface area contributed by atoms with E-state index >= 15 is 0 Å². The number of hydrogen-bond donors (Lipinski definition) is 1. The number of aromatic amines is 1. The molecular formula is C27H30N6OS. The zero-order chi connectivity index (χ0) is 23.8. The molecule has 0 radical (unpaired) electrons. The van der Waals surface area contributed by atoms with Crippen LogP contribution in [-0.2, 0) is 0 Å². The topological polar surface area (TPSA) is 78.0 Å². The highest BCUT2D eigenvalue weighted by Crippen LogP contribution is 2.38. The third-order valence-electron chi connectivity index (χ3n) is 7.42. The first-order valence-electron chi connectivity index (χ1n) is 12.6. The van der Waals surface area contributed by atoms with Gasteiger partial charge in [0, 0.05) is 42.5 Å². The van der Waals surface area contributed by atoms with Crippen LogP contribution in [0.5, 0.6) is 0 Å². The fourth-order valence-corrected chi connectivity index (χ4v) is 6.53. The molecule has 1 aromatic carbocycles. The minimum Gasteiger partial charge on any atom is -0.337 e. The summed E-state index contributed by atoms with van der Waals surface area (Å²) in [6.45, 7) is 6.04. The van der Waals surface area contributed by atoms with Crippen LogP contribution in [0.15, 0.2) is 42.7 Å². The van der Waals surface area contributed by atoms with Gasteiger partial charge in [-0.15, -0.1) is 11.3 Å². The molecule has 1 amide bonds. The standard InChI is InChI=1S/C27H30N6OS/c1-18-7-5-9-21-22(18)30-31-23(21)26-29-24(25(35-26)19-8-6-12-28-17-19)27(34)33-15-10-20(11-16-33)32-13-3-2-4-14-32/h5-9,12,17,20H,2-4,10-11,13-16H2,1H3,(H,30,31). The molecule has 3 aromatic heterocycles. The number of fused-ring (bicyclic) bond motifs is 1. The van der Waals surface area contributed by atoms with Gasteiger partial charge in [-0.25, -0.2) is 4.98 Å². The monoisotopic (exact) mass is 486 g/mol. The predicted octanol–water partition coefficient (Wildman–Crippen LogP) is 5.15. The van der Waals surface area contributed by atoms with E-state index in [1.807, 2.05) is 29.3 Å². The molecule has 2 saturated heterocycles. The molecule has 5 heterocycles. The van der Waals surface area contributed by atoms with Crippen molar-refractivity contribution in [1.29, 1.82) is 0 Å². The number of amides is 1. The number of rotatable bonds is 4. The van der Waals surface area contributed by atoms with Crippen molar-refractivity contribution in [2.24, 2.45) is 0 Å². The van der Waals surface area contributed by atoms with Crippen molar-refractivity contribution in [2.75, 3.05) is 26.2 Å². The molecule has 7 nitrogen and oxygen atoms in total. The summed E-state index contributed by atoms with van der Waals surface area (Å²) < 4.78 is 0. The molecule has 180 valence electrons. The minimum atomic E-state index is 0.0134. The Hall–Kier alpha value is -3.10. The Morgan fingerprint density at radius 2 is 1.89 bits per heavy atom. The van der Waals surface area contributed by atoms with E-state index in [4.69, 9.17) is 4.98 Å². The number of pyridine rings is 1. The number of piperidine rings is 2. The predicted molar refractivity (Wildman–Crippen MR) is 140 cm³/mol. The van der Waals surface area contributed by atoms with Crippen molar-refractivity contribution in [3.05, 3.63) is 54.0 Å². The van der Waals surface area contributed by atoms with Crippen molar-refractivity contribution < 1.29 is 4.79 Å². The fraction of sp³-hybridized carbons (Fsp3) is 0.407. The molecule has 0 unspecified atom stereocenters. The van der Waals surface area contributed by atoms with Gasteiger partial charge in [0.15, 0.2) is 0 Å². The van der Waals surface area contributed by atoms with Gasteiger partial charge in [-0.05, 0) is 57.3 Å². The Morgan fingerprint density at radius 1 is 1.06 bits per heavy atom. The van der Waals surface area contributed by atoms with Gasteiger partial charge in [-0.3, -0.25) is 14.9 Å². The van der Waals surface area contributed by atoms with Gasteiger partial charge in [0.2, 0.25) is 0 Å². The molecule has 0 spiro atoms. The molecule has 0 bridgehead atoms. The number of aromatic nitrogens is 4. The summed E-state index contributed by atoms with van der Waals surface area (Å²) in [5.74, 6) is 0.0134. The van der Waals surface area contributed by atoms with Crippen LogP contribution in [0, 0.1) is 6.92 Å². The second-order valence-electron chi connectivity index (χ2n) is 9.63. The van der Waals surface area contributed by atoms with Crippen LogP contribution in [0.2, 0.25) is 0 Å². The number of nitrogens with one attached hydrogen (secondary N) is 1. The smallest absolute Gasteiger partial charge is 0.274 e. The van der Waals surface area contributed by atoms with Gasteiger partial charge in [-0.1, -0.05) is 30.7 Å². The summed E-state index contributed by atoms with van der Waals surface area (Å²) in [5.41, 5.74) is 4.37. The highest BCUT2D eigenvalue weighted by molar-refractivity contribution is 7.18. The van der Waals surface area contributed by atoms with Crippen LogP contribution in [0.3, 0.4) is 0 Å². The Bertz CT molecular complexity index is 1330. The van der Waals surface area contributed by atoms with Gasteiger partial charge in [0.05, 0.1) is 10.4 Å². The average Bonchev–Trinajstić information content (AvgIpc) is 3.55. The normalized spacial score (nSPS) is 17.8. The first-order valence-corrected chi connectivity index (χ1v) is 13.4. The van der Waals surface area contributed by atoms with E-state index in [-0.39, 0.29) is 5.91 Å². The Labute approximate surface area is 209 Å². The van der Waals surface area contributed by atoms with Crippen molar-refractivity contribution in [3.63, 3.8) is 0 Å². The zero-order valence-corrected chi connectivity index (χ0v) is 20.9. The number of para-hydroxylation sites is 1. The number of aryl methyl sites for hydroxylation is 1. The number of thiazole rings is 1. The summed E-state index contributed by atoms with van der Waals surface area (Å²) >= 11 is 1.52. The fourth-order valence-electron chi connectivity index (χ4n) is 5.48. The molecule has 0 saturated carbocycles. The number of hydrogen-bond acceptors (Lipinski definition) is 6. The van der Waals surface area contributed by atoms with Crippen molar-refractivity contribution in [3.8, 4) is 21.1 Å². The second-order valence-corrected chi connectivity index (χ2v) is 10.6. The Balaban J connectivity index is 1.31.